The molecule has 0 saturated carbocycles. The molecule has 1 aromatic heterocycles. The van der Waals surface area contributed by atoms with Crippen LogP contribution in [0.3, 0.4) is 0 Å². The smallest absolute Gasteiger partial charge is 0.405 e. The Morgan fingerprint density at radius 3 is 2.26 bits per heavy atom. The zero-order valence-corrected chi connectivity index (χ0v) is 23.7. The highest BCUT2D eigenvalue weighted by atomic mass is 16.5. The number of amides is 5. The van der Waals surface area contributed by atoms with Crippen molar-refractivity contribution in [3.8, 4) is 5.75 Å². The maximum atomic E-state index is 13.6. The molecule has 2 aromatic rings. The molecule has 1 aliphatic heterocycles. The summed E-state index contributed by atoms with van der Waals surface area (Å²) in [5.74, 6) is -1.71. The Hall–Kier alpha value is -4.72. The van der Waals surface area contributed by atoms with Crippen LogP contribution in [0.1, 0.15) is 42.3 Å². The highest BCUT2D eigenvalue weighted by Gasteiger charge is 2.47. The summed E-state index contributed by atoms with van der Waals surface area (Å²) in [6.07, 6.45) is -0.933. The molecule has 0 spiro atoms. The number of rotatable bonds is 13. The van der Waals surface area contributed by atoms with E-state index in [1.807, 2.05) is 43.4 Å². The molecule has 1 saturated heterocycles. The number of carboxylic acid groups (broad SMARTS) is 1. The number of hydroxylamine groups is 1. The predicted octanol–water partition coefficient (Wildman–Crippen LogP) is 0.532. The van der Waals surface area contributed by atoms with Crippen molar-refractivity contribution >= 4 is 29.7 Å². The number of benzene rings is 1. The Kier molecular flexibility index (Phi) is 10.8. The summed E-state index contributed by atoms with van der Waals surface area (Å²) in [5.41, 5.74) is 4.25. The first-order valence-electron chi connectivity index (χ1n) is 13.4. The van der Waals surface area contributed by atoms with Crippen molar-refractivity contribution in [3.63, 3.8) is 0 Å². The lowest BCUT2D eigenvalue weighted by atomic mass is 9.81. The Morgan fingerprint density at radius 1 is 1.02 bits per heavy atom. The third-order valence-electron chi connectivity index (χ3n) is 7.00. The van der Waals surface area contributed by atoms with Crippen molar-refractivity contribution in [1.82, 2.24) is 31.3 Å². The zero-order valence-electron chi connectivity index (χ0n) is 23.7. The Balaban J connectivity index is 1.57. The maximum absolute atomic E-state index is 13.6. The first-order chi connectivity index (χ1) is 19.9. The van der Waals surface area contributed by atoms with Crippen molar-refractivity contribution in [3.05, 3.63) is 58.9 Å². The molecule has 6 N–H and O–H groups in total. The van der Waals surface area contributed by atoms with E-state index in [4.69, 9.17) is 9.84 Å². The number of pyridine rings is 1. The fraction of sp³-hybridized carbons (Fsp3) is 0.429. The van der Waals surface area contributed by atoms with E-state index in [0.29, 0.717) is 18.8 Å². The molecule has 1 aliphatic rings. The molecule has 2 unspecified atom stereocenters. The van der Waals surface area contributed by atoms with Crippen LogP contribution in [0.4, 0.5) is 4.79 Å². The lowest BCUT2D eigenvalue weighted by Crippen LogP contribution is -2.50. The number of ether oxygens (including phenoxy) is 1. The van der Waals surface area contributed by atoms with E-state index in [-0.39, 0.29) is 25.4 Å². The van der Waals surface area contributed by atoms with Gasteiger partial charge in [-0.25, -0.2) is 10.3 Å². The van der Waals surface area contributed by atoms with Gasteiger partial charge in [0.1, 0.15) is 18.4 Å². The van der Waals surface area contributed by atoms with Gasteiger partial charge >= 0.3 is 6.09 Å². The van der Waals surface area contributed by atoms with Crippen LogP contribution in [-0.4, -0.2) is 82.1 Å². The summed E-state index contributed by atoms with van der Waals surface area (Å²) in [6.45, 7) is 5.34. The first kappa shape index (κ1) is 31.8. The minimum Gasteiger partial charge on any atom is -0.489 e. The van der Waals surface area contributed by atoms with Gasteiger partial charge in [-0.1, -0.05) is 12.1 Å². The number of carbonyl (C=O) groups excluding carboxylic acids is 4. The molecule has 1 aromatic carbocycles. The zero-order chi connectivity index (χ0) is 30.9. The normalized spacial score (nSPS) is 16.9. The fourth-order valence-electron chi connectivity index (χ4n) is 4.84. The van der Waals surface area contributed by atoms with E-state index in [9.17, 15) is 29.2 Å². The van der Waals surface area contributed by atoms with Crippen LogP contribution in [0.5, 0.6) is 5.75 Å². The van der Waals surface area contributed by atoms with E-state index < -0.39 is 48.4 Å². The van der Waals surface area contributed by atoms with Crippen molar-refractivity contribution < 1.29 is 39.0 Å². The molecule has 14 heteroatoms. The van der Waals surface area contributed by atoms with Crippen LogP contribution >= 0.6 is 0 Å². The number of hydrogen-bond acceptors (Lipinski definition) is 8. The molecule has 226 valence electrons. The first-order valence-corrected chi connectivity index (χ1v) is 13.4. The second-order valence-electron chi connectivity index (χ2n) is 10.2. The minimum absolute atomic E-state index is 0.00913. The van der Waals surface area contributed by atoms with Crippen LogP contribution in [0.15, 0.2) is 36.4 Å². The van der Waals surface area contributed by atoms with Gasteiger partial charge in [-0.15, -0.1) is 0 Å². The third-order valence-corrected chi connectivity index (χ3v) is 7.00. The fourth-order valence-corrected chi connectivity index (χ4v) is 4.84. The standard InChI is InChI=1S/C28H36N6O8/c1-17-12-19(13-18(2)32-17)16-42-21-6-4-20(5-7-21)28(3)9-11-34(26(28)38)22(25(37)33-41)8-10-29-23(35)14-30-24(36)15-31-27(39)40/h4-7,12-13,22,31,41H,8-11,14-16H2,1-3H3,(H,29,35)(H,30,36)(H,33,37)(H,39,40). The highest BCUT2D eigenvalue weighted by molar-refractivity contribution is 5.94. The summed E-state index contributed by atoms with van der Waals surface area (Å²) in [7, 11) is 0. The molecule has 2 atom stereocenters. The van der Waals surface area contributed by atoms with E-state index in [1.54, 1.807) is 24.5 Å². The molecule has 5 amide bonds. The Morgan fingerprint density at radius 2 is 1.64 bits per heavy atom. The predicted molar refractivity (Wildman–Crippen MR) is 149 cm³/mol. The van der Waals surface area contributed by atoms with Gasteiger partial charge in [0.15, 0.2) is 0 Å². The molecule has 1 fully saturated rings. The molecule has 3 rings (SSSR count). The van der Waals surface area contributed by atoms with Gasteiger partial charge < -0.3 is 30.7 Å². The lowest BCUT2D eigenvalue weighted by molar-refractivity contribution is -0.144. The van der Waals surface area contributed by atoms with E-state index in [1.165, 1.54) is 4.90 Å². The Bertz CT molecular complexity index is 1300. The number of nitrogens with one attached hydrogen (secondary N) is 4. The maximum Gasteiger partial charge on any atom is 0.405 e. The van der Waals surface area contributed by atoms with Crippen LogP contribution in [0.2, 0.25) is 0 Å². The molecule has 0 radical (unpaired) electrons. The van der Waals surface area contributed by atoms with E-state index in [2.05, 4.69) is 15.6 Å². The number of aromatic nitrogens is 1. The molecular weight excluding hydrogens is 548 g/mol. The van der Waals surface area contributed by atoms with Gasteiger partial charge in [0.2, 0.25) is 17.7 Å². The number of likely N-dealkylation sites (tertiary alicyclic amines) is 1. The average molecular weight is 585 g/mol. The van der Waals surface area contributed by atoms with Gasteiger partial charge in [-0.05, 0) is 69.0 Å². The summed E-state index contributed by atoms with van der Waals surface area (Å²) in [4.78, 5) is 65.8. The van der Waals surface area contributed by atoms with Gasteiger partial charge in [0.05, 0.1) is 18.5 Å². The molecular formula is C28H36N6O8. The lowest BCUT2D eigenvalue weighted by Gasteiger charge is -2.29. The minimum atomic E-state index is -1.37. The van der Waals surface area contributed by atoms with Crippen molar-refractivity contribution in [2.75, 3.05) is 26.2 Å². The molecule has 0 bridgehead atoms. The van der Waals surface area contributed by atoms with Gasteiger partial charge in [0.25, 0.3) is 5.91 Å². The average Bonchev–Trinajstić information content (AvgIpc) is 3.25. The van der Waals surface area contributed by atoms with Gasteiger partial charge in [0, 0.05) is 24.5 Å². The number of aryl methyl sites for hydroxylation is 2. The van der Waals surface area contributed by atoms with E-state index in [0.717, 1.165) is 22.5 Å². The van der Waals surface area contributed by atoms with Gasteiger partial charge in [-0.2, -0.15) is 0 Å². The van der Waals surface area contributed by atoms with Crippen LogP contribution < -0.4 is 26.2 Å². The third kappa shape index (κ3) is 8.39. The highest BCUT2D eigenvalue weighted by Crippen LogP contribution is 2.37. The SMILES string of the molecule is Cc1cc(COc2ccc(C3(C)CCN(C(CCNC(=O)CNC(=O)CNC(=O)O)C(=O)NO)C3=O)cc2)cc(C)n1. The molecule has 42 heavy (non-hydrogen) atoms. The summed E-state index contributed by atoms with van der Waals surface area (Å²) in [5, 5.41) is 24.5. The summed E-state index contributed by atoms with van der Waals surface area (Å²) in [6, 6.07) is 10.1. The molecule has 14 nitrogen and oxygen atoms in total. The monoisotopic (exact) mass is 584 g/mol. The van der Waals surface area contributed by atoms with Gasteiger partial charge in [-0.3, -0.25) is 29.4 Å². The largest absolute Gasteiger partial charge is 0.489 e. The van der Waals surface area contributed by atoms with Crippen molar-refractivity contribution in [2.24, 2.45) is 0 Å². The van der Waals surface area contributed by atoms with Crippen LogP contribution in [0, 0.1) is 13.8 Å². The van der Waals surface area contributed by atoms with Crippen LogP contribution in [0.25, 0.3) is 0 Å². The summed E-state index contributed by atoms with van der Waals surface area (Å²) >= 11 is 0. The number of nitrogens with zero attached hydrogens (tertiary/aromatic N) is 2. The number of hydrogen-bond donors (Lipinski definition) is 6. The van der Waals surface area contributed by atoms with Crippen molar-refractivity contribution in [2.45, 2.75) is 51.7 Å². The second-order valence-corrected chi connectivity index (χ2v) is 10.2. The molecule has 2 heterocycles. The Labute approximate surface area is 242 Å². The number of carbonyl (C=O) groups is 5. The quantitative estimate of drug-likeness (QED) is 0.144. The molecule has 0 aliphatic carbocycles. The van der Waals surface area contributed by atoms with Crippen LogP contribution in [-0.2, 0) is 31.2 Å². The topological polar surface area (TPSA) is 199 Å². The second kappa shape index (κ2) is 14.3. The van der Waals surface area contributed by atoms with E-state index >= 15 is 0 Å². The summed E-state index contributed by atoms with van der Waals surface area (Å²) < 4.78 is 5.91. The van der Waals surface area contributed by atoms with Crippen molar-refractivity contribution in [1.29, 1.82) is 0 Å².